The number of methoxy groups -OCH3 is 1. The number of carbonyl (C=O) groups excluding carboxylic acids is 3. The summed E-state index contributed by atoms with van der Waals surface area (Å²) < 4.78 is 7.32. The fourth-order valence-corrected chi connectivity index (χ4v) is 5.32. The average molecular weight is 480 g/mol. The number of nitrogens with one attached hydrogen (secondary N) is 1. The summed E-state index contributed by atoms with van der Waals surface area (Å²) in [6, 6.07) is 12.5. The number of rotatable bonds is 9. The van der Waals surface area contributed by atoms with Gasteiger partial charge in [-0.25, -0.2) is 4.79 Å². The first kappa shape index (κ1) is 23.8. The molecule has 0 saturated carbocycles. The highest BCUT2D eigenvalue weighted by atomic mass is 32.1. The molecule has 2 aromatic heterocycles. The summed E-state index contributed by atoms with van der Waals surface area (Å²) in [7, 11) is 1.57. The Balaban J connectivity index is 1.53. The molecule has 0 aliphatic carbocycles. The topological polar surface area (TPSA) is 80.6 Å². The van der Waals surface area contributed by atoms with Crippen LogP contribution in [-0.4, -0.2) is 40.8 Å². The number of ether oxygens (including phenoxy) is 1. The van der Waals surface area contributed by atoms with Crippen LogP contribution in [0.25, 0.3) is 0 Å². The summed E-state index contributed by atoms with van der Waals surface area (Å²) in [6.45, 7) is 6.20. The number of amides is 3. The molecular weight excluding hydrogens is 450 g/mol. The molecule has 34 heavy (non-hydrogen) atoms. The van der Waals surface area contributed by atoms with Gasteiger partial charge in [0.05, 0.1) is 13.7 Å². The number of urea groups is 1. The van der Waals surface area contributed by atoms with Gasteiger partial charge >= 0.3 is 6.03 Å². The number of thiophene rings is 1. The number of imide groups is 1. The van der Waals surface area contributed by atoms with Crippen LogP contribution in [0.3, 0.4) is 0 Å². The van der Waals surface area contributed by atoms with E-state index in [0.717, 1.165) is 29.3 Å². The number of hydrogen-bond acceptors (Lipinski definition) is 5. The molecule has 3 aromatic rings. The van der Waals surface area contributed by atoms with Gasteiger partial charge in [0.25, 0.3) is 5.91 Å². The predicted octanol–water partition coefficient (Wildman–Crippen LogP) is 4.46. The molecule has 178 valence electrons. The summed E-state index contributed by atoms with van der Waals surface area (Å²) in [4.78, 5) is 41.8. The van der Waals surface area contributed by atoms with Gasteiger partial charge in [-0.1, -0.05) is 25.1 Å². The van der Waals surface area contributed by atoms with E-state index in [9.17, 15) is 14.4 Å². The zero-order valence-electron chi connectivity index (χ0n) is 19.9. The van der Waals surface area contributed by atoms with Crippen LogP contribution < -0.4 is 10.1 Å². The minimum Gasteiger partial charge on any atom is -0.497 e. The first-order chi connectivity index (χ1) is 16.3. The zero-order chi connectivity index (χ0) is 24.5. The third kappa shape index (κ3) is 4.14. The van der Waals surface area contributed by atoms with E-state index in [0.29, 0.717) is 23.3 Å². The van der Waals surface area contributed by atoms with Crippen LogP contribution in [0.4, 0.5) is 4.79 Å². The minimum absolute atomic E-state index is 0.249. The molecule has 1 unspecified atom stereocenters. The first-order valence-electron chi connectivity index (χ1n) is 11.3. The highest BCUT2D eigenvalue weighted by Crippen LogP contribution is 2.33. The van der Waals surface area contributed by atoms with Gasteiger partial charge in [0.1, 0.15) is 11.3 Å². The average Bonchev–Trinajstić information content (AvgIpc) is 3.52. The quantitative estimate of drug-likeness (QED) is 0.363. The molecule has 3 amide bonds. The molecule has 8 heteroatoms. The number of Topliss-reactive ketones (excluding diaryl/α,β-unsaturated/α-hetero) is 1. The fraction of sp³-hybridized carbons (Fsp3) is 0.346. The predicted molar refractivity (Wildman–Crippen MR) is 131 cm³/mol. The summed E-state index contributed by atoms with van der Waals surface area (Å²) in [5, 5.41) is 4.89. The molecule has 1 atom stereocenters. The number of nitrogens with zero attached hydrogens (tertiary/aromatic N) is 2. The van der Waals surface area contributed by atoms with E-state index in [-0.39, 0.29) is 12.3 Å². The SMILES string of the molecule is CCC1(c2ccc(OC)cc2)NC(=O)N(CC(=O)c2cc(C)n(CCc3cccs3)c2C)C1=O. The van der Waals surface area contributed by atoms with Crippen LogP contribution in [-0.2, 0) is 23.3 Å². The van der Waals surface area contributed by atoms with Crippen molar-refractivity contribution in [2.75, 3.05) is 13.7 Å². The van der Waals surface area contributed by atoms with Gasteiger partial charge in [0.2, 0.25) is 0 Å². The third-order valence-electron chi connectivity index (χ3n) is 6.63. The van der Waals surface area contributed by atoms with Crippen LogP contribution in [0.2, 0.25) is 0 Å². The second-order valence-electron chi connectivity index (χ2n) is 8.50. The molecule has 4 rings (SSSR count). The van der Waals surface area contributed by atoms with Crippen molar-refractivity contribution in [2.45, 2.75) is 45.7 Å². The number of carbonyl (C=O) groups is 3. The Kier molecular flexibility index (Phi) is 6.61. The Bertz CT molecular complexity index is 1210. The number of aromatic nitrogens is 1. The summed E-state index contributed by atoms with van der Waals surface area (Å²) >= 11 is 1.71. The number of hydrogen-bond donors (Lipinski definition) is 1. The van der Waals surface area contributed by atoms with Gasteiger partial charge in [-0.2, -0.15) is 0 Å². The molecule has 1 aliphatic rings. The molecule has 0 radical (unpaired) electrons. The highest BCUT2D eigenvalue weighted by Gasteiger charge is 2.51. The molecule has 3 heterocycles. The smallest absolute Gasteiger partial charge is 0.325 e. The Hall–Kier alpha value is -3.39. The van der Waals surface area contributed by atoms with E-state index in [1.54, 1.807) is 42.7 Å². The van der Waals surface area contributed by atoms with Gasteiger partial charge in [-0.3, -0.25) is 14.5 Å². The second kappa shape index (κ2) is 9.46. The lowest BCUT2D eigenvalue weighted by Gasteiger charge is -2.26. The van der Waals surface area contributed by atoms with Gasteiger partial charge < -0.3 is 14.6 Å². The molecule has 0 bridgehead atoms. The van der Waals surface area contributed by atoms with Crippen molar-refractivity contribution >= 4 is 29.1 Å². The molecule has 1 aliphatic heterocycles. The maximum absolute atomic E-state index is 13.4. The van der Waals surface area contributed by atoms with Crippen LogP contribution in [0.5, 0.6) is 5.75 Å². The number of ketones is 1. The van der Waals surface area contributed by atoms with E-state index in [1.807, 2.05) is 32.9 Å². The summed E-state index contributed by atoms with van der Waals surface area (Å²) in [5.41, 5.74) is 1.85. The summed E-state index contributed by atoms with van der Waals surface area (Å²) in [6.07, 6.45) is 1.25. The lowest BCUT2D eigenvalue weighted by Crippen LogP contribution is -2.43. The molecular formula is C26H29N3O4S. The lowest BCUT2D eigenvalue weighted by molar-refractivity contribution is -0.131. The van der Waals surface area contributed by atoms with Crippen molar-refractivity contribution in [3.8, 4) is 5.75 Å². The zero-order valence-corrected chi connectivity index (χ0v) is 20.7. The van der Waals surface area contributed by atoms with Crippen molar-refractivity contribution in [3.05, 3.63) is 75.2 Å². The third-order valence-corrected chi connectivity index (χ3v) is 7.56. The monoisotopic (exact) mass is 479 g/mol. The molecule has 0 spiro atoms. The Morgan fingerprint density at radius 2 is 1.88 bits per heavy atom. The molecule has 1 saturated heterocycles. The normalized spacial score (nSPS) is 17.8. The molecule has 7 nitrogen and oxygen atoms in total. The van der Waals surface area contributed by atoms with Crippen molar-refractivity contribution < 1.29 is 19.1 Å². The highest BCUT2D eigenvalue weighted by molar-refractivity contribution is 7.09. The number of aryl methyl sites for hydroxylation is 2. The Labute approximate surface area is 203 Å². The maximum atomic E-state index is 13.4. The second-order valence-corrected chi connectivity index (χ2v) is 9.53. The molecule has 1 N–H and O–H groups in total. The largest absolute Gasteiger partial charge is 0.497 e. The van der Waals surface area contributed by atoms with Gasteiger partial charge in [0, 0.05) is 28.4 Å². The van der Waals surface area contributed by atoms with Crippen LogP contribution in [0, 0.1) is 13.8 Å². The van der Waals surface area contributed by atoms with Gasteiger partial charge in [-0.15, -0.1) is 11.3 Å². The van der Waals surface area contributed by atoms with Crippen LogP contribution in [0.1, 0.15) is 45.5 Å². The Morgan fingerprint density at radius 1 is 1.15 bits per heavy atom. The van der Waals surface area contributed by atoms with Gasteiger partial charge in [0.15, 0.2) is 5.78 Å². The van der Waals surface area contributed by atoms with Crippen molar-refractivity contribution in [3.63, 3.8) is 0 Å². The molecule has 1 aromatic carbocycles. The summed E-state index contributed by atoms with van der Waals surface area (Å²) in [5.74, 6) is -0.00104. The van der Waals surface area contributed by atoms with E-state index in [4.69, 9.17) is 4.74 Å². The fourth-order valence-electron chi connectivity index (χ4n) is 4.62. The van der Waals surface area contributed by atoms with Crippen LogP contribution >= 0.6 is 11.3 Å². The van der Waals surface area contributed by atoms with Crippen molar-refractivity contribution in [1.29, 1.82) is 0 Å². The number of benzene rings is 1. The first-order valence-corrected chi connectivity index (χ1v) is 12.2. The minimum atomic E-state index is -1.19. The van der Waals surface area contributed by atoms with Crippen LogP contribution in [0.15, 0.2) is 47.8 Å². The van der Waals surface area contributed by atoms with E-state index >= 15 is 0 Å². The van der Waals surface area contributed by atoms with Crippen molar-refractivity contribution in [1.82, 2.24) is 14.8 Å². The van der Waals surface area contributed by atoms with E-state index < -0.39 is 17.5 Å². The van der Waals surface area contributed by atoms with E-state index in [1.165, 1.54) is 4.88 Å². The van der Waals surface area contributed by atoms with E-state index in [2.05, 4.69) is 21.3 Å². The molecule has 1 fully saturated rings. The Morgan fingerprint density at radius 3 is 2.50 bits per heavy atom. The maximum Gasteiger partial charge on any atom is 0.325 e. The lowest BCUT2D eigenvalue weighted by atomic mass is 9.87. The van der Waals surface area contributed by atoms with Crippen molar-refractivity contribution in [2.24, 2.45) is 0 Å². The standard InChI is InChI=1S/C26H29N3O4S/c1-5-26(19-8-10-20(33-4)11-9-19)24(31)29(25(32)27-26)16-23(30)22-15-17(2)28(18(22)3)13-12-21-7-6-14-34-21/h6-11,14-15H,5,12-13,16H2,1-4H3,(H,27,32). The van der Waals surface area contributed by atoms with Gasteiger partial charge in [-0.05, 0) is 61.9 Å².